The fraction of sp³-hybridized carbons (Fsp3) is 0.133. The first kappa shape index (κ1) is 17.4. The minimum Gasteiger partial charge on any atom is -0.495 e. The van der Waals surface area contributed by atoms with E-state index in [4.69, 9.17) is 15.0 Å². The molecule has 25 heavy (non-hydrogen) atoms. The zero-order valence-electron chi connectivity index (χ0n) is 13.2. The van der Waals surface area contributed by atoms with E-state index in [0.29, 0.717) is 27.2 Å². The van der Waals surface area contributed by atoms with Crippen molar-refractivity contribution in [3.05, 3.63) is 34.9 Å². The molecule has 10 heteroatoms. The van der Waals surface area contributed by atoms with Crippen LogP contribution in [0.15, 0.2) is 44.4 Å². The number of aromatic nitrogens is 3. The topological polar surface area (TPSA) is 121 Å². The van der Waals surface area contributed by atoms with Gasteiger partial charge in [-0.1, -0.05) is 5.16 Å². The minimum absolute atomic E-state index is 0.0431. The molecule has 0 atom stereocenters. The maximum absolute atomic E-state index is 11.9. The summed E-state index contributed by atoms with van der Waals surface area (Å²) >= 11 is 3.35. The van der Waals surface area contributed by atoms with Crippen LogP contribution in [0.3, 0.4) is 0 Å². The molecule has 2 heterocycles. The average Bonchev–Trinajstić information content (AvgIpc) is 3.05. The second kappa shape index (κ2) is 6.45. The number of hydrogen-bond acceptors (Lipinski definition) is 8. The molecule has 0 unspecified atom stereocenters. The van der Waals surface area contributed by atoms with Gasteiger partial charge in [0, 0.05) is 28.1 Å². The van der Waals surface area contributed by atoms with Crippen LogP contribution in [0, 0.1) is 0 Å². The summed E-state index contributed by atoms with van der Waals surface area (Å²) < 4.78 is 34.9. The van der Waals surface area contributed by atoms with Crippen LogP contribution in [-0.2, 0) is 9.84 Å². The van der Waals surface area contributed by atoms with Crippen LogP contribution in [-0.4, -0.2) is 36.9 Å². The quantitative estimate of drug-likeness (QED) is 0.677. The first-order valence-corrected chi connectivity index (χ1v) is 9.61. The van der Waals surface area contributed by atoms with Gasteiger partial charge in [-0.15, -0.1) is 0 Å². The van der Waals surface area contributed by atoms with Crippen molar-refractivity contribution in [3.63, 3.8) is 0 Å². The highest BCUT2D eigenvalue weighted by Crippen LogP contribution is 2.32. The highest BCUT2D eigenvalue weighted by Gasteiger charge is 2.19. The lowest BCUT2D eigenvalue weighted by molar-refractivity contribution is 0.402. The fourth-order valence-corrected chi connectivity index (χ4v) is 3.43. The molecule has 0 amide bonds. The van der Waals surface area contributed by atoms with Gasteiger partial charge in [-0.3, -0.25) is 0 Å². The van der Waals surface area contributed by atoms with Gasteiger partial charge in [0.05, 0.1) is 7.11 Å². The molecule has 0 aliphatic heterocycles. The molecule has 0 aliphatic carbocycles. The van der Waals surface area contributed by atoms with Gasteiger partial charge in [0.2, 0.25) is 5.82 Å². The van der Waals surface area contributed by atoms with Gasteiger partial charge in [0.1, 0.15) is 16.5 Å². The third kappa shape index (κ3) is 3.49. The molecule has 0 aliphatic rings. The molecule has 0 saturated heterocycles. The van der Waals surface area contributed by atoms with Gasteiger partial charge in [0.25, 0.3) is 5.89 Å². The van der Waals surface area contributed by atoms with Crippen molar-refractivity contribution >= 4 is 31.6 Å². The van der Waals surface area contributed by atoms with Crippen molar-refractivity contribution in [2.45, 2.75) is 4.90 Å². The number of ether oxygens (including phenoxy) is 1. The molecule has 0 radical (unpaired) electrons. The van der Waals surface area contributed by atoms with Crippen molar-refractivity contribution in [1.82, 2.24) is 15.1 Å². The number of nitrogens with zero attached hydrogens (tertiary/aromatic N) is 3. The van der Waals surface area contributed by atoms with Gasteiger partial charge in [-0.05, 0) is 40.2 Å². The Morgan fingerprint density at radius 2 is 2.04 bits per heavy atom. The maximum atomic E-state index is 11.9. The van der Waals surface area contributed by atoms with Crippen LogP contribution in [0.1, 0.15) is 0 Å². The average molecular weight is 425 g/mol. The van der Waals surface area contributed by atoms with Crippen LogP contribution in [0.2, 0.25) is 0 Å². The van der Waals surface area contributed by atoms with Crippen LogP contribution in [0.5, 0.6) is 5.75 Å². The Labute approximate surface area is 152 Å². The molecule has 0 spiro atoms. The number of anilines is 1. The molecular formula is C15H13BrN4O4S. The molecule has 0 bridgehead atoms. The Morgan fingerprint density at radius 3 is 2.72 bits per heavy atom. The normalized spacial score (nSPS) is 11.5. The first-order chi connectivity index (χ1) is 11.8. The maximum Gasteiger partial charge on any atom is 0.258 e. The van der Waals surface area contributed by atoms with Crippen molar-refractivity contribution in [1.29, 1.82) is 0 Å². The van der Waals surface area contributed by atoms with Crippen molar-refractivity contribution in [2.75, 3.05) is 19.1 Å². The molecule has 2 N–H and O–H groups in total. The zero-order chi connectivity index (χ0) is 18.2. The molecule has 3 aromatic rings. The largest absolute Gasteiger partial charge is 0.495 e. The van der Waals surface area contributed by atoms with E-state index < -0.39 is 9.84 Å². The molecule has 130 valence electrons. The summed E-state index contributed by atoms with van der Waals surface area (Å²) in [6.45, 7) is 0. The van der Waals surface area contributed by atoms with E-state index in [-0.39, 0.29) is 16.5 Å². The van der Waals surface area contributed by atoms with Crippen molar-refractivity contribution in [2.24, 2.45) is 0 Å². The number of sulfone groups is 1. The van der Waals surface area contributed by atoms with Gasteiger partial charge < -0.3 is 15.0 Å². The summed E-state index contributed by atoms with van der Waals surface area (Å²) in [7, 11) is -2.08. The van der Waals surface area contributed by atoms with Crippen molar-refractivity contribution < 1.29 is 17.7 Å². The predicted octanol–water partition coefficient (Wildman–Crippen LogP) is 2.56. The summed E-state index contributed by atoms with van der Waals surface area (Å²) in [5.41, 5.74) is 6.75. The fourth-order valence-electron chi connectivity index (χ4n) is 2.18. The van der Waals surface area contributed by atoms with Crippen LogP contribution in [0.4, 0.5) is 5.82 Å². The molecule has 0 saturated carbocycles. The number of rotatable bonds is 4. The van der Waals surface area contributed by atoms with Crippen molar-refractivity contribution in [3.8, 4) is 28.6 Å². The lowest BCUT2D eigenvalue weighted by Crippen LogP contribution is -2.01. The minimum atomic E-state index is -3.48. The predicted molar refractivity (Wildman–Crippen MR) is 94.7 cm³/mol. The number of halogens is 1. The standard InChI is InChI=1S/C15H13BrN4O4S/c1-23-11-4-3-8(5-12(11)25(2,21)22)15-19-14(20-24-15)9-6-13(17)18-7-10(9)16/h3-7H,1-2H3,(H2,17,18). The molecule has 2 aromatic heterocycles. The number of hydrogen-bond donors (Lipinski definition) is 1. The number of pyridine rings is 1. The highest BCUT2D eigenvalue weighted by molar-refractivity contribution is 9.10. The van der Waals surface area contributed by atoms with E-state index in [1.165, 1.54) is 25.4 Å². The van der Waals surface area contributed by atoms with E-state index in [9.17, 15) is 8.42 Å². The van der Waals surface area contributed by atoms with E-state index in [1.54, 1.807) is 12.1 Å². The molecular weight excluding hydrogens is 412 g/mol. The summed E-state index contributed by atoms with van der Waals surface area (Å²) in [4.78, 5) is 8.30. The Balaban J connectivity index is 2.07. The van der Waals surface area contributed by atoms with Crippen LogP contribution in [0.25, 0.3) is 22.8 Å². The Kier molecular flexibility index (Phi) is 4.48. The van der Waals surface area contributed by atoms with Gasteiger partial charge >= 0.3 is 0 Å². The second-order valence-electron chi connectivity index (χ2n) is 5.15. The Hall–Kier alpha value is -2.46. The summed E-state index contributed by atoms with van der Waals surface area (Å²) in [6, 6.07) is 6.22. The van der Waals surface area contributed by atoms with Gasteiger partial charge in [0.15, 0.2) is 9.84 Å². The van der Waals surface area contributed by atoms with Gasteiger partial charge in [-0.25, -0.2) is 13.4 Å². The van der Waals surface area contributed by atoms with E-state index in [1.807, 2.05) is 0 Å². The number of nitrogen functional groups attached to an aromatic ring is 1. The highest BCUT2D eigenvalue weighted by atomic mass is 79.9. The van der Waals surface area contributed by atoms with Gasteiger partial charge in [-0.2, -0.15) is 4.98 Å². The van der Waals surface area contributed by atoms with E-state index in [2.05, 4.69) is 31.1 Å². The molecule has 0 fully saturated rings. The van der Waals surface area contributed by atoms with Crippen LogP contribution >= 0.6 is 15.9 Å². The number of methoxy groups -OCH3 is 1. The third-order valence-corrected chi connectivity index (χ3v) is 5.10. The summed E-state index contributed by atoms with van der Waals surface area (Å²) in [6.07, 6.45) is 2.64. The van der Waals surface area contributed by atoms with Crippen LogP contribution < -0.4 is 10.5 Å². The number of nitrogens with two attached hydrogens (primary N) is 1. The third-order valence-electron chi connectivity index (χ3n) is 3.35. The Bertz CT molecular complexity index is 1050. The lowest BCUT2D eigenvalue weighted by atomic mass is 10.2. The first-order valence-electron chi connectivity index (χ1n) is 6.93. The monoisotopic (exact) mass is 424 g/mol. The smallest absolute Gasteiger partial charge is 0.258 e. The lowest BCUT2D eigenvalue weighted by Gasteiger charge is -2.07. The SMILES string of the molecule is COc1ccc(-c2nc(-c3cc(N)ncc3Br)no2)cc1S(C)(=O)=O. The van der Waals surface area contributed by atoms with E-state index >= 15 is 0 Å². The summed E-state index contributed by atoms with van der Waals surface area (Å²) in [5, 5.41) is 3.92. The summed E-state index contributed by atoms with van der Waals surface area (Å²) in [5.74, 6) is 1.03. The zero-order valence-corrected chi connectivity index (χ0v) is 15.6. The molecule has 3 rings (SSSR count). The molecule has 8 nitrogen and oxygen atoms in total. The Morgan fingerprint density at radius 1 is 1.28 bits per heavy atom. The second-order valence-corrected chi connectivity index (χ2v) is 7.99. The molecule has 1 aromatic carbocycles. The van der Waals surface area contributed by atoms with E-state index in [0.717, 1.165) is 6.26 Å². The number of benzene rings is 1.